The van der Waals surface area contributed by atoms with Gasteiger partial charge in [0.15, 0.2) is 17.5 Å². The molecular formula is C45H27N3OS. The van der Waals surface area contributed by atoms with Crippen LogP contribution in [-0.4, -0.2) is 15.0 Å². The number of hydrogen-bond donors (Lipinski definition) is 0. The van der Waals surface area contributed by atoms with Crippen LogP contribution < -0.4 is 0 Å². The van der Waals surface area contributed by atoms with Gasteiger partial charge in [0.25, 0.3) is 0 Å². The number of hydrogen-bond acceptors (Lipinski definition) is 5. The molecule has 0 amide bonds. The number of benzene rings is 7. The molecule has 0 aliphatic carbocycles. The molecule has 3 heterocycles. The molecule has 0 aliphatic rings. The maximum Gasteiger partial charge on any atom is 0.164 e. The van der Waals surface area contributed by atoms with E-state index in [1.165, 1.54) is 31.3 Å². The summed E-state index contributed by atoms with van der Waals surface area (Å²) in [5.74, 6) is 1.87. The molecular weight excluding hydrogens is 631 g/mol. The molecule has 0 saturated heterocycles. The maximum absolute atomic E-state index is 6.40. The summed E-state index contributed by atoms with van der Waals surface area (Å²) in [4.78, 5) is 14.9. The number of rotatable bonds is 5. The van der Waals surface area contributed by atoms with Gasteiger partial charge in [-0.3, -0.25) is 0 Å². The minimum absolute atomic E-state index is 0.608. The fraction of sp³-hybridized carbons (Fsp3) is 0. The second-order valence-electron chi connectivity index (χ2n) is 12.4. The first-order valence-electron chi connectivity index (χ1n) is 16.6. The van der Waals surface area contributed by atoms with Crippen LogP contribution in [0.25, 0.3) is 98.5 Å². The summed E-state index contributed by atoms with van der Waals surface area (Å²) in [6, 6.07) is 56.9. The zero-order valence-corrected chi connectivity index (χ0v) is 27.6. The van der Waals surface area contributed by atoms with Crippen molar-refractivity contribution in [1.29, 1.82) is 0 Å². The Kier molecular flexibility index (Phi) is 6.64. The van der Waals surface area contributed by atoms with Crippen molar-refractivity contribution in [2.75, 3.05) is 0 Å². The van der Waals surface area contributed by atoms with Crippen molar-refractivity contribution in [3.8, 4) is 56.4 Å². The van der Waals surface area contributed by atoms with E-state index in [0.717, 1.165) is 49.8 Å². The van der Waals surface area contributed by atoms with Gasteiger partial charge in [-0.2, -0.15) is 0 Å². The first-order valence-corrected chi connectivity index (χ1v) is 17.4. The van der Waals surface area contributed by atoms with Crippen LogP contribution in [-0.2, 0) is 0 Å². The Morgan fingerprint density at radius 2 is 0.920 bits per heavy atom. The minimum atomic E-state index is 0.608. The zero-order chi connectivity index (χ0) is 33.0. The van der Waals surface area contributed by atoms with Gasteiger partial charge in [0.2, 0.25) is 0 Å². The van der Waals surface area contributed by atoms with Crippen molar-refractivity contribution >= 4 is 53.4 Å². The fourth-order valence-electron chi connectivity index (χ4n) is 6.88. The molecule has 0 N–H and O–H groups in total. The highest BCUT2D eigenvalue weighted by atomic mass is 32.1. The van der Waals surface area contributed by atoms with Crippen LogP contribution in [0.1, 0.15) is 0 Å². The Labute approximate surface area is 292 Å². The van der Waals surface area contributed by atoms with Crippen LogP contribution in [0.5, 0.6) is 0 Å². The molecule has 0 bridgehead atoms. The number of thiophene rings is 1. The van der Waals surface area contributed by atoms with Gasteiger partial charge in [-0.05, 0) is 58.7 Å². The van der Waals surface area contributed by atoms with Gasteiger partial charge in [0.1, 0.15) is 11.2 Å². The summed E-state index contributed by atoms with van der Waals surface area (Å²) in [5.41, 5.74) is 9.07. The fourth-order valence-corrected chi connectivity index (χ4v) is 7.97. The average Bonchev–Trinajstić information content (AvgIpc) is 3.76. The molecule has 10 rings (SSSR count). The zero-order valence-electron chi connectivity index (χ0n) is 26.7. The first-order chi connectivity index (χ1) is 24.7. The van der Waals surface area contributed by atoms with Gasteiger partial charge in [0.05, 0.1) is 0 Å². The second kappa shape index (κ2) is 11.6. The number of fused-ring (bicyclic) bond motifs is 6. The predicted molar refractivity (Wildman–Crippen MR) is 207 cm³/mol. The Morgan fingerprint density at radius 3 is 1.62 bits per heavy atom. The van der Waals surface area contributed by atoms with Gasteiger partial charge >= 0.3 is 0 Å². The molecule has 7 aromatic carbocycles. The van der Waals surface area contributed by atoms with Crippen molar-refractivity contribution in [3.63, 3.8) is 0 Å². The topological polar surface area (TPSA) is 51.8 Å². The van der Waals surface area contributed by atoms with Gasteiger partial charge in [-0.1, -0.05) is 127 Å². The maximum atomic E-state index is 6.40. The summed E-state index contributed by atoms with van der Waals surface area (Å²) in [6.45, 7) is 0. The van der Waals surface area contributed by atoms with Crippen molar-refractivity contribution < 1.29 is 4.42 Å². The summed E-state index contributed by atoms with van der Waals surface area (Å²) in [7, 11) is 0. The molecule has 3 aromatic heterocycles. The average molecular weight is 658 g/mol. The number of furan rings is 1. The largest absolute Gasteiger partial charge is 0.456 e. The van der Waals surface area contributed by atoms with Crippen molar-refractivity contribution in [1.82, 2.24) is 15.0 Å². The van der Waals surface area contributed by atoms with E-state index in [1.54, 1.807) is 0 Å². The highest BCUT2D eigenvalue weighted by molar-refractivity contribution is 7.25. The molecule has 0 unspecified atom stereocenters. The number of nitrogens with zero attached hydrogens (tertiary/aromatic N) is 3. The molecule has 234 valence electrons. The molecule has 0 aliphatic heterocycles. The van der Waals surface area contributed by atoms with Crippen molar-refractivity contribution in [2.45, 2.75) is 0 Å². The molecule has 0 fully saturated rings. The highest BCUT2D eigenvalue weighted by Crippen LogP contribution is 2.40. The molecule has 0 radical (unpaired) electrons. The molecule has 0 saturated carbocycles. The van der Waals surface area contributed by atoms with E-state index in [4.69, 9.17) is 19.4 Å². The Hall–Kier alpha value is -6.43. The van der Waals surface area contributed by atoms with E-state index in [0.29, 0.717) is 17.5 Å². The third kappa shape index (κ3) is 4.87. The van der Waals surface area contributed by atoms with E-state index in [-0.39, 0.29) is 0 Å². The Morgan fingerprint density at radius 1 is 0.360 bits per heavy atom. The van der Waals surface area contributed by atoms with Gasteiger partial charge < -0.3 is 4.42 Å². The van der Waals surface area contributed by atoms with Gasteiger partial charge in [-0.25, -0.2) is 15.0 Å². The number of aromatic nitrogens is 3. The highest BCUT2D eigenvalue weighted by Gasteiger charge is 2.18. The summed E-state index contributed by atoms with van der Waals surface area (Å²) < 4.78 is 9.04. The van der Waals surface area contributed by atoms with Gasteiger partial charge in [0, 0.05) is 47.6 Å². The van der Waals surface area contributed by atoms with E-state index >= 15 is 0 Å². The molecule has 0 atom stereocenters. The smallest absolute Gasteiger partial charge is 0.164 e. The van der Waals surface area contributed by atoms with Crippen molar-refractivity contribution in [3.05, 3.63) is 164 Å². The van der Waals surface area contributed by atoms with Gasteiger partial charge in [-0.15, -0.1) is 11.3 Å². The van der Waals surface area contributed by atoms with E-state index in [1.807, 2.05) is 84.1 Å². The standard InChI is InChI=1S/C45H27N3OS/c1-3-10-30(11-4-1)43-46-44(31-12-5-2-6-13-31)48-45(47-43)35-15-9-16-39-42(35)37-27-32(22-24-38(37)49-39)28-18-20-29(21-19-28)33-23-25-41-36(26-33)34-14-7-8-17-40(34)50-41/h1-27H. The van der Waals surface area contributed by atoms with Crippen LogP contribution in [0.15, 0.2) is 168 Å². The normalized spacial score (nSPS) is 11.6. The summed E-state index contributed by atoms with van der Waals surface area (Å²) >= 11 is 1.85. The predicted octanol–water partition coefficient (Wildman–Crippen LogP) is 12.5. The quantitative estimate of drug-likeness (QED) is 0.185. The van der Waals surface area contributed by atoms with E-state index < -0.39 is 0 Å². The SMILES string of the molecule is c1ccc(-c2nc(-c3ccccc3)nc(-c3cccc4oc5ccc(-c6ccc(-c7ccc8sc9ccccc9c8c7)cc6)cc5c34)n2)cc1. The minimum Gasteiger partial charge on any atom is -0.456 e. The molecule has 4 nitrogen and oxygen atoms in total. The lowest BCUT2D eigenvalue weighted by atomic mass is 9.97. The molecule has 0 spiro atoms. The molecule has 50 heavy (non-hydrogen) atoms. The third-order valence-corrected chi connectivity index (χ3v) is 10.5. The monoisotopic (exact) mass is 657 g/mol. The second-order valence-corrected chi connectivity index (χ2v) is 13.5. The Bertz CT molecular complexity index is 2800. The van der Waals surface area contributed by atoms with Crippen LogP contribution in [0.3, 0.4) is 0 Å². The van der Waals surface area contributed by atoms with Crippen LogP contribution >= 0.6 is 11.3 Å². The van der Waals surface area contributed by atoms with Crippen LogP contribution in [0.2, 0.25) is 0 Å². The van der Waals surface area contributed by atoms with E-state index in [9.17, 15) is 0 Å². The molecule has 10 aromatic rings. The lowest BCUT2D eigenvalue weighted by Crippen LogP contribution is -2.00. The van der Waals surface area contributed by atoms with E-state index in [2.05, 4.69) is 91.0 Å². The third-order valence-electron chi connectivity index (χ3n) is 9.36. The lowest BCUT2D eigenvalue weighted by Gasteiger charge is -2.09. The summed E-state index contributed by atoms with van der Waals surface area (Å²) in [6.07, 6.45) is 0. The Balaban J connectivity index is 1.07. The van der Waals surface area contributed by atoms with Crippen LogP contribution in [0.4, 0.5) is 0 Å². The summed E-state index contributed by atoms with van der Waals surface area (Å²) in [5, 5.41) is 4.64. The lowest BCUT2D eigenvalue weighted by molar-refractivity contribution is 0.669. The first kappa shape index (κ1) is 28.6. The van der Waals surface area contributed by atoms with Crippen LogP contribution in [0, 0.1) is 0 Å². The van der Waals surface area contributed by atoms with Crippen molar-refractivity contribution in [2.24, 2.45) is 0 Å². The molecule has 5 heteroatoms.